The first-order chi connectivity index (χ1) is 11.4. The van der Waals surface area contributed by atoms with E-state index in [9.17, 15) is 4.79 Å². The van der Waals surface area contributed by atoms with Crippen molar-refractivity contribution < 1.29 is 4.79 Å². The number of rotatable bonds is 3. The Kier molecular flexibility index (Phi) is 4.97. The van der Waals surface area contributed by atoms with Crippen LogP contribution in [-0.4, -0.2) is 22.5 Å². The van der Waals surface area contributed by atoms with Gasteiger partial charge in [0.2, 0.25) is 0 Å². The predicted octanol–water partition coefficient (Wildman–Crippen LogP) is 5.11. The Morgan fingerprint density at radius 1 is 1.42 bits per heavy atom. The van der Waals surface area contributed by atoms with Crippen LogP contribution in [0.2, 0.25) is 0 Å². The van der Waals surface area contributed by atoms with Crippen molar-refractivity contribution in [1.82, 2.24) is 15.2 Å². The van der Waals surface area contributed by atoms with E-state index in [1.807, 2.05) is 11.8 Å². The number of hydrogen-bond acceptors (Lipinski definition) is 4. The van der Waals surface area contributed by atoms with Crippen LogP contribution in [0.3, 0.4) is 0 Å². The number of likely N-dealkylation sites (tertiary alicyclic amines) is 1. The van der Waals surface area contributed by atoms with Gasteiger partial charge in [-0.2, -0.15) is 0 Å². The Bertz CT molecular complexity index is 687. The molecule has 3 rings (SSSR count). The van der Waals surface area contributed by atoms with Gasteiger partial charge >= 0.3 is 6.03 Å². The predicted molar refractivity (Wildman–Crippen MR) is 101 cm³/mol. The van der Waals surface area contributed by atoms with Crippen molar-refractivity contribution in [1.29, 1.82) is 0 Å². The fraction of sp³-hybridized carbons (Fsp3) is 0.556. The molecule has 0 radical (unpaired) electrons. The first-order valence-electron chi connectivity index (χ1n) is 8.42. The zero-order valence-electron chi connectivity index (χ0n) is 14.7. The number of carbonyl (C=O) groups excluding carboxylic acids is 1. The van der Waals surface area contributed by atoms with Gasteiger partial charge in [-0.05, 0) is 31.2 Å². The van der Waals surface area contributed by atoms with Gasteiger partial charge in [0.15, 0.2) is 0 Å². The van der Waals surface area contributed by atoms with Crippen LogP contribution < -0.4 is 5.32 Å². The molecular weight excluding hydrogens is 338 g/mol. The van der Waals surface area contributed by atoms with E-state index in [1.165, 1.54) is 4.88 Å². The Hall–Kier alpha value is -1.40. The molecule has 1 saturated heterocycles. The summed E-state index contributed by atoms with van der Waals surface area (Å²) < 4.78 is 0. The first kappa shape index (κ1) is 17.4. The molecule has 4 nitrogen and oxygen atoms in total. The monoisotopic (exact) mass is 363 g/mol. The summed E-state index contributed by atoms with van der Waals surface area (Å²) >= 11 is 3.36. The molecule has 24 heavy (non-hydrogen) atoms. The maximum atomic E-state index is 12.7. The van der Waals surface area contributed by atoms with E-state index >= 15 is 0 Å². The van der Waals surface area contributed by atoms with E-state index in [2.05, 4.69) is 49.0 Å². The van der Waals surface area contributed by atoms with E-state index in [1.54, 1.807) is 22.7 Å². The van der Waals surface area contributed by atoms with E-state index < -0.39 is 0 Å². The Labute approximate surface area is 151 Å². The molecule has 1 fully saturated rings. The zero-order chi connectivity index (χ0) is 17.3. The van der Waals surface area contributed by atoms with Gasteiger partial charge in [0.05, 0.1) is 17.8 Å². The summed E-state index contributed by atoms with van der Waals surface area (Å²) in [5.74, 6) is 0. The number of amides is 2. The molecule has 0 saturated carbocycles. The number of hydrogen-bond donors (Lipinski definition) is 1. The molecule has 1 aliphatic heterocycles. The minimum absolute atomic E-state index is 0.0194. The van der Waals surface area contributed by atoms with Gasteiger partial charge in [-0.1, -0.05) is 26.8 Å². The maximum absolute atomic E-state index is 12.7. The maximum Gasteiger partial charge on any atom is 0.318 e. The second-order valence-corrected chi connectivity index (χ2v) is 9.23. The summed E-state index contributed by atoms with van der Waals surface area (Å²) in [6.45, 7) is 9.31. The lowest BCUT2D eigenvalue weighted by atomic mass is 9.93. The normalized spacial score (nSPS) is 19.5. The molecule has 0 bridgehead atoms. The van der Waals surface area contributed by atoms with Gasteiger partial charge in [0.25, 0.3) is 0 Å². The Morgan fingerprint density at radius 3 is 2.83 bits per heavy atom. The highest BCUT2D eigenvalue weighted by Gasteiger charge is 2.31. The molecule has 0 unspecified atom stereocenters. The number of nitrogens with zero attached hydrogens (tertiary/aromatic N) is 2. The Balaban J connectivity index is 1.67. The molecule has 2 aromatic rings. The lowest BCUT2D eigenvalue weighted by Crippen LogP contribution is -2.40. The largest absolute Gasteiger partial charge is 0.329 e. The van der Waals surface area contributed by atoms with E-state index in [4.69, 9.17) is 4.98 Å². The van der Waals surface area contributed by atoms with Crippen molar-refractivity contribution in [2.24, 2.45) is 0 Å². The molecule has 3 heterocycles. The quantitative estimate of drug-likeness (QED) is 0.823. The van der Waals surface area contributed by atoms with Crippen molar-refractivity contribution in [2.45, 2.75) is 58.0 Å². The molecule has 2 atom stereocenters. The molecule has 0 aliphatic carbocycles. The zero-order valence-corrected chi connectivity index (χ0v) is 16.3. The van der Waals surface area contributed by atoms with Gasteiger partial charge in [0.1, 0.15) is 5.01 Å². The number of aromatic nitrogens is 1. The van der Waals surface area contributed by atoms with Gasteiger partial charge in [-0.15, -0.1) is 22.7 Å². The average molecular weight is 364 g/mol. The van der Waals surface area contributed by atoms with E-state index in [0.29, 0.717) is 0 Å². The van der Waals surface area contributed by atoms with Crippen molar-refractivity contribution in [3.63, 3.8) is 0 Å². The second-order valence-electron chi connectivity index (χ2n) is 7.36. The third kappa shape index (κ3) is 3.64. The van der Waals surface area contributed by atoms with Gasteiger partial charge in [-0.3, -0.25) is 0 Å². The standard InChI is InChI=1S/C18H25N3OS2/c1-12(16-20-15(11-24-16)18(2,3)4)19-17(22)21-9-5-7-13(21)14-8-6-10-23-14/h6,8,10-13H,5,7,9H2,1-4H3,(H,19,22)/t12-,13+/m0/s1. The van der Waals surface area contributed by atoms with Crippen molar-refractivity contribution >= 4 is 28.7 Å². The van der Waals surface area contributed by atoms with E-state index in [-0.39, 0.29) is 23.5 Å². The summed E-state index contributed by atoms with van der Waals surface area (Å²) in [6.07, 6.45) is 2.11. The minimum Gasteiger partial charge on any atom is -0.329 e. The van der Waals surface area contributed by atoms with Gasteiger partial charge in [0, 0.05) is 22.2 Å². The summed E-state index contributed by atoms with van der Waals surface area (Å²) in [5.41, 5.74) is 1.12. The molecular formula is C18H25N3OS2. The van der Waals surface area contributed by atoms with Gasteiger partial charge < -0.3 is 10.2 Å². The molecule has 2 aromatic heterocycles. The summed E-state index contributed by atoms with van der Waals surface area (Å²) in [4.78, 5) is 20.7. The van der Waals surface area contributed by atoms with Gasteiger partial charge in [-0.25, -0.2) is 9.78 Å². The average Bonchev–Trinajstić information content (AvgIpc) is 3.25. The number of carbonyl (C=O) groups is 1. The van der Waals surface area contributed by atoms with Crippen LogP contribution in [0.4, 0.5) is 4.79 Å². The number of thiazole rings is 1. The third-order valence-corrected chi connectivity index (χ3v) is 6.39. The SMILES string of the molecule is C[C@H](NC(=O)N1CCC[C@@H]1c1cccs1)c1nc(C(C)(C)C)cs1. The third-order valence-electron chi connectivity index (χ3n) is 4.39. The van der Waals surface area contributed by atoms with Crippen LogP contribution in [0.15, 0.2) is 22.9 Å². The number of urea groups is 1. The summed E-state index contributed by atoms with van der Waals surface area (Å²) in [7, 11) is 0. The fourth-order valence-corrected chi connectivity index (χ4v) is 4.87. The topological polar surface area (TPSA) is 45.2 Å². The highest BCUT2D eigenvalue weighted by molar-refractivity contribution is 7.10. The van der Waals surface area contributed by atoms with Crippen LogP contribution >= 0.6 is 22.7 Å². The summed E-state index contributed by atoms with van der Waals surface area (Å²) in [6, 6.07) is 4.36. The molecule has 6 heteroatoms. The minimum atomic E-state index is -0.0665. The molecule has 0 aromatic carbocycles. The second kappa shape index (κ2) is 6.84. The molecule has 1 N–H and O–H groups in total. The summed E-state index contributed by atoms with van der Waals surface area (Å²) in [5, 5.41) is 8.29. The molecule has 0 spiro atoms. The number of thiophene rings is 1. The van der Waals surface area contributed by atoms with Crippen molar-refractivity contribution in [3.05, 3.63) is 38.5 Å². The van der Waals surface area contributed by atoms with E-state index in [0.717, 1.165) is 30.1 Å². The smallest absolute Gasteiger partial charge is 0.318 e. The van der Waals surface area contributed by atoms with Crippen molar-refractivity contribution in [2.75, 3.05) is 6.54 Å². The van der Waals surface area contributed by atoms with Crippen LogP contribution in [0.1, 0.15) is 68.2 Å². The highest BCUT2D eigenvalue weighted by atomic mass is 32.1. The van der Waals surface area contributed by atoms with Crippen LogP contribution in [0.25, 0.3) is 0 Å². The number of nitrogens with one attached hydrogen (secondary N) is 1. The van der Waals surface area contributed by atoms with Crippen LogP contribution in [0, 0.1) is 0 Å². The molecule has 2 amide bonds. The first-order valence-corrected chi connectivity index (χ1v) is 10.2. The Morgan fingerprint density at radius 2 is 2.21 bits per heavy atom. The lowest BCUT2D eigenvalue weighted by Gasteiger charge is -2.25. The lowest BCUT2D eigenvalue weighted by molar-refractivity contribution is 0.190. The molecule has 1 aliphatic rings. The van der Waals surface area contributed by atoms with Crippen LogP contribution in [0.5, 0.6) is 0 Å². The highest BCUT2D eigenvalue weighted by Crippen LogP contribution is 2.35. The van der Waals surface area contributed by atoms with Crippen LogP contribution in [-0.2, 0) is 5.41 Å². The molecule has 130 valence electrons. The van der Waals surface area contributed by atoms with Crippen molar-refractivity contribution in [3.8, 4) is 0 Å². The fourth-order valence-electron chi connectivity index (χ4n) is 2.95.